The predicted molar refractivity (Wildman–Crippen MR) is 61.8 cm³/mol. The van der Waals surface area contributed by atoms with Gasteiger partial charge in [-0.2, -0.15) is 0 Å². The molecule has 0 heterocycles. The monoisotopic (exact) mass is 211 g/mol. The third kappa shape index (κ3) is 2.03. The van der Waals surface area contributed by atoms with E-state index in [0.29, 0.717) is 6.04 Å². The molecule has 13 heavy (non-hydrogen) atoms. The Balaban J connectivity index is 2.26. The molecule has 2 rings (SSSR count). The van der Waals surface area contributed by atoms with Crippen LogP contribution in [0.1, 0.15) is 30.0 Å². The quantitative estimate of drug-likeness (QED) is 0.443. The number of benzene rings is 1. The van der Waals surface area contributed by atoms with Gasteiger partial charge in [-0.25, -0.2) is 4.72 Å². The Kier molecular flexibility index (Phi) is 3.19. The summed E-state index contributed by atoms with van der Waals surface area (Å²) in [6.45, 7) is 0. The SMILES string of the molecule is SSNC1CCCc2ccccc21. The molecule has 0 aromatic heterocycles. The van der Waals surface area contributed by atoms with Gasteiger partial charge in [-0.15, -0.1) is 0 Å². The summed E-state index contributed by atoms with van der Waals surface area (Å²) in [7, 11) is 1.42. The first kappa shape index (κ1) is 9.44. The van der Waals surface area contributed by atoms with E-state index in [2.05, 4.69) is 40.6 Å². The van der Waals surface area contributed by atoms with Crippen LogP contribution < -0.4 is 4.72 Å². The number of aryl methyl sites for hydroxylation is 1. The van der Waals surface area contributed by atoms with Crippen LogP contribution in [-0.4, -0.2) is 0 Å². The van der Waals surface area contributed by atoms with Crippen LogP contribution in [-0.2, 0) is 6.42 Å². The highest BCUT2D eigenvalue weighted by Crippen LogP contribution is 2.30. The van der Waals surface area contributed by atoms with Gasteiger partial charge in [0.2, 0.25) is 0 Å². The van der Waals surface area contributed by atoms with Crippen molar-refractivity contribution < 1.29 is 0 Å². The van der Waals surface area contributed by atoms with Gasteiger partial charge in [0.1, 0.15) is 0 Å². The first-order valence-corrected chi connectivity index (χ1v) is 6.42. The van der Waals surface area contributed by atoms with Crippen LogP contribution in [0.25, 0.3) is 0 Å². The number of hydrogen-bond donors (Lipinski definition) is 2. The zero-order valence-corrected chi connectivity index (χ0v) is 9.07. The van der Waals surface area contributed by atoms with Gasteiger partial charge in [0.15, 0.2) is 0 Å². The molecule has 0 bridgehead atoms. The lowest BCUT2D eigenvalue weighted by Crippen LogP contribution is -2.18. The molecular formula is C10H13NS2. The zero-order chi connectivity index (χ0) is 9.10. The molecule has 1 aliphatic rings. The second-order valence-corrected chi connectivity index (χ2v) is 4.32. The minimum absolute atomic E-state index is 0.493. The molecule has 1 atom stereocenters. The summed E-state index contributed by atoms with van der Waals surface area (Å²) in [5.41, 5.74) is 2.95. The van der Waals surface area contributed by atoms with Gasteiger partial charge in [-0.3, -0.25) is 0 Å². The van der Waals surface area contributed by atoms with E-state index in [9.17, 15) is 0 Å². The molecule has 0 radical (unpaired) electrons. The highest BCUT2D eigenvalue weighted by atomic mass is 33.1. The van der Waals surface area contributed by atoms with Crippen molar-refractivity contribution in [2.24, 2.45) is 0 Å². The van der Waals surface area contributed by atoms with Crippen molar-refractivity contribution in [2.45, 2.75) is 25.3 Å². The summed E-state index contributed by atoms with van der Waals surface area (Å²) in [5, 5.41) is 0. The molecule has 1 aromatic carbocycles. The lowest BCUT2D eigenvalue weighted by molar-refractivity contribution is 0.544. The molecule has 1 N–H and O–H groups in total. The summed E-state index contributed by atoms with van der Waals surface area (Å²) in [6.07, 6.45) is 3.74. The Morgan fingerprint density at radius 2 is 2.23 bits per heavy atom. The Morgan fingerprint density at radius 1 is 1.38 bits per heavy atom. The molecule has 70 valence electrons. The molecule has 0 aliphatic heterocycles. The van der Waals surface area contributed by atoms with E-state index >= 15 is 0 Å². The molecular weight excluding hydrogens is 198 g/mol. The minimum Gasteiger partial charge on any atom is -0.247 e. The first-order valence-electron chi connectivity index (χ1n) is 4.55. The normalized spacial score (nSPS) is 21.2. The number of thiol groups is 1. The van der Waals surface area contributed by atoms with Crippen molar-refractivity contribution in [1.29, 1.82) is 0 Å². The largest absolute Gasteiger partial charge is 0.247 e. The van der Waals surface area contributed by atoms with Crippen LogP contribution in [0.15, 0.2) is 24.3 Å². The van der Waals surface area contributed by atoms with Crippen molar-refractivity contribution in [3.05, 3.63) is 35.4 Å². The van der Waals surface area contributed by atoms with Gasteiger partial charge >= 0.3 is 0 Å². The van der Waals surface area contributed by atoms with Crippen LogP contribution in [0.4, 0.5) is 0 Å². The first-order chi connectivity index (χ1) is 6.42. The molecule has 1 aliphatic carbocycles. The fraction of sp³-hybridized carbons (Fsp3) is 0.400. The van der Waals surface area contributed by atoms with Gasteiger partial charge < -0.3 is 0 Å². The molecule has 0 saturated carbocycles. The smallest absolute Gasteiger partial charge is 0.0432 e. The maximum Gasteiger partial charge on any atom is 0.0432 e. The van der Waals surface area contributed by atoms with E-state index in [1.807, 2.05) is 0 Å². The number of fused-ring (bicyclic) bond motifs is 1. The van der Waals surface area contributed by atoms with E-state index < -0.39 is 0 Å². The van der Waals surface area contributed by atoms with Crippen molar-refractivity contribution in [2.75, 3.05) is 0 Å². The maximum atomic E-state index is 4.13. The summed E-state index contributed by atoms with van der Waals surface area (Å²) >= 11 is 4.13. The van der Waals surface area contributed by atoms with Crippen molar-refractivity contribution in [3.63, 3.8) is 0 Å². The lowest BCUT2D eigenvalue weighted by atomic mass is 9.88. The number of hydrogen-bond acceptors (Lipinski definition) is 3. The number of nitrogens with one attached hydrogen (secondary N) is 1. The van der Waals surface area contributed by atoms with Crippen LogP contribution in [0.5, 0.6) is 0 Å². The maximum absolute atomic E-state index is 4.13. The molecule has 1 unspecified atom stereocenters. The Labute approximate surface area is 88.2 Å². The summed E-state index contributed by atoms with van der Waals surface area (Å²) < 4.78 is 3.32. The molecule has 1 aromatic rings. The van der Waals surface area contributed by atoms with E-state index in [4.69, 9.17) is 0 Å². The summed E-state index contributed by atoms with van der Waals surface area (Å²) in [6, 6.07) is 9.17. The Hall–Kier alpha value is -0.120. The Morgan fingerprint density at radius 3 is 3.08 bits per heavy atom. The highest BCUT2D eigenvalue weighted by molar-refractivity contribution is 8.67. The molecule has 0 spiro atoms. The third-order valence-corrected chi connectivity index (χ3v) is 3.27. The van der Waals surface area contributed by atoms with Crippen LogP contribution >= 0.6 is 22.6 Å². The highest BCUT2D eigenvalue weighted by Gasteiger charge is 2.18. The molecule has 0 fully saturated rings. The third-order valence-electron chi connectivity index (χ3n) is 2.56. The zero-order valence-electron chi connectivity index (χ0n) is 7.36. The van der Waals surface area contributed by atoms with Gasteiger partial charge in [0.05, 0.1) is 0 Å². The molecule has 0 saturated heterocycles. The van der Waals surface area contributed by atoms with Crippen molar-refractivity contribution >= 4 is 22.6 Å². The second-order valence-electron chi connectivity index (χ2n) is 3.35. The van der Waals surface area contributed by atoms with Gasteiger partial charge in [0, 0.05) is 6.04 Å². The minimum atomic E-state index is 0.493. The standard InChI is InChI=1S/C10H13NS2/c12-13-11-10-7-3-5-8-4-1-2-6-9(8)10/h1-2,4,6,10-12H,3,5,7H2. The average Bonchev–Trinajstić information content (AvgIpc) is 2.19. The van der Waals surface area contributed by atoms with Gasteiger partial charge in [-0.05, 0) is 41.4 Å². The molecule has 0 amide bonds. The van der Waals surface area contributed by atoms with Crippen molar-refractivity contribution in [3.8, 4) is 0 Å². The van der Waals surface area contributed by atoms with E-state index in [1.165, 1.54) is 41.4 Å². The number of rotatable bonds is 2. The lowest BCUT2D eigenvalue weighted by Gasteiger charge is -2.24. The average molecular weight is 211 g/mol. The fourth-order valence-corrected chi connectivity index (χ4v) is 2.69. The van der Waals surface area contributed by atoms with Crippen LogP contribution in [0, 0.1) is 0 Å². The van der Waals surface area contributed by atoms with E-state index in [1.54, 1.807) is 0 Å². The topological polar surface area (TPSA) is 12.0 Å². The summed E-state index contributed by atoms with van der Waals surface area (Å²) in [4.78, 5) is 0. The summed E-state index contributed by atoms with van der Waals surface area (Å²) in [5.74, 6) is 0. The molecule has 3 heteroatoms. The van der Waals surface area contributed by atoms with E-state index in [0.717, 1.165) is 0 Å². The van der Waals surface area contributed by atoms with Crippen LogP contribution in [0.2, 0.25) is 0 Å². The Bertz CT molecular complexity index is 288. The van der Waals surface area contributed by atoms with Crippen LogP contribution in [0.3, 0.4) is 0 Å². The van der Waals surface area contributed by atoms with Crippen molar-refractivity contribution in [1.82, 2.24) is 4.72 Å². The molecule has 1 nitrogen and oxygen atoms in total. The van der Waals surface area contributed by atoms with Gasteiger partial charge in [0.25, 0.3) is 0 Å². The predicted octanol–water partition coefficient (Wildman–Crippen LogP) is 3.15. The fourth-order valence-electron chi connectivity index (χ4n) is 1.94. The van der Waals surface area contributed by atoms with E-state index in [-0.39, 0.29) is 0 Å². The van der Waals surface area contributed by atoms with Gasteiger partial charge in [-0.1, -0.05) is 35.9 Å². The second kappa shape index (κ2) is 4.40.